The van der Waals surface area contributed by atoms with Gasteiger partial charge in [0.15, 0.2) is 0 Å². The van der Waals surface area contributed by atoms with Crippen LogP contribution in [-0.4, -0.2) is 37.3 Å². The molecule has 0 spiro atoms. The predicted molar refractivity (Wildman–Crippen MR) is 73.0 cm³/mol. The molecule has 0 bridgehead atoms. The Morgan fingerprint density at radius 3 is 2.67 bits per heavy atom. The van der Waals surface area contributed by atoms with Gasteiger partial charge in [0.05, 0.1) is 11.4 Å². The van der Waals surface area contributed by atoms with Gasteiger partial charge in [0.1, 0.15) is 0 Å². The van der Waals surface area contributed by atoms with E-state index in [0.717, 1.165) is 43.9 Å². The number of rotatable bonds is 3. The molecular weight excluding hydrogens is 228 g/mol. The zero-order valence-electron chi connectivity index (χ0n) is 10.8. The maximum Gasteiger partial charge on any atom is 0.223 e. The van der Waals surface area contributed by atoms with Crippen molar-refractivity contribution in [3.05, 3.63) is 24.3 Å². The molecule has 0 saturated carbocycles. The average molecular weight is 248 g/mol. The minimum atomic E-state index is 0.0893. The molecule has 0 aromatic heterocycles. The van der Waals surface area contributed by atoms with Crippen molar-refractivity contribution in [1.82, 2.24) is 0 Å². The van der Waals surface area contributed by atoms with E-state index in [-0.39, 0.29) is 12.5 Å². The summed E-state index contributed by atoms with van der Waals surface area (Å²) in [5.41, 5.74) is 2.08. The number of anilines is 2. The summed E-state index contributed by atoms with van der Waals surface area (Å²) in [4.78, 5) is 15.8. The lowest BCUT2D eigenvalue weighted by Crippen LogP contribution is -2.28. The molecule has 4 heteroatoms. The van der Waals surface area contributed by atoms with Crippen LogP contribution in [0, 0.1) is 0 Å². The second kappa shape index (κ2) is 5.87. The second-order valence-electron chi connectivity index (χ2n) is 4.58. The molecule has 1 N–H and O–H groups in total. The molecule has 1 amide bonds. The Labute approximate surface area is 108 Å². The van der Waals surface area contributed by atoms with E-state index in [1.807, 2.05) is 29.2 Å². The molecule has 1 heterocycles. The Hall–Kier alpha value is -1.55. The van der Waals surface area contributed by atoms with E-state index in [0.29, 0.717) is 0 Å². The fourth-order valence-corrected chi connectivity index (χ4v) is 2.44. The van der Waals surface area contributed by atoms with Crippen LogP contribution in [-0.2, 0) is 4.79 Å². The number of carbonyl (C=O) groups is 1. The first-order valence-corrected chi connectivity index (χ1v) is 6.47. The fourth-order valence-electron chi connectivity index (χ4n) is 2.44. The van der Waals surface area contributed by atoms with Gasteiger partial charge in [-0.05, 0) is 25.0 Å². The normalized spacial score (nSPS) is 15.2. The molecule has 0 saturated heterocycles. The van der Waals surface area contributed by atoms with Crippen LogP contribution < -0.4 is 9.80 Å². The maximum absolute atomic E-state index is 11.7. The molecule has 0 fully saturated rings. The van der Waals surface area contributed by atoms with Crippen molar-refractivity contribution in [2.24, 2.45) is 0 Å². The summed E-state index contributed by atoms with van der Waals surface area (Å²) in [6.45, 7) is 4.34. The molecule has 18 heavy (non-hydrogen) atoms. The van der Waals surface area contributed by atoms with Gasteiger partial charge in [-0.15, -0.1) is 0 Å². The second-order valence-corrected chi connectivity index (χ2v) is 4.58. The van der Waals surface area contributed by atoms with Crippen molar-refractivity contribution in [1.29, 1.82) is 0 Å². The summed E-state index contributed by atoms with van der Waals surface area (Å²) >= 11 is 0. The summed E-state index contributed by atoms with van der Waals surface area (Å²) in [6, 6.07) is 8.00. The zero-order chi connectivity index (χ0) is 13.0. The highest BCUT2D eigenvalue weighted by Crippen LogP contribution is 2.32. The van der Waals surface area contributed by atoms with Crippen molar-refractivity contribution in [3.63, 3.8) is 0 Å². The molecule has 1 aromatic rings. The van der Waals surface area contributed by atoms with E-state index in [9.17, 15) is 4.79 Å². The van der Waals surface area contributed by atoms with Crippen LogP contribution in [0.25, 0.3) is 0 Å². The minimum Gasteiger partial charge on any atom is -0.396 e. The lowest BCUT2D eigenvalue weighted by Gasteiger charge is -2.26. The largest absolute Gasteiger partial charge is 0.396 e. The van der Waals surface area contributed by atoms with Crippen LogP contribution in [0.3, 0.4) is 0 Å². The van der Waals surface area contributed by atoms with Crippen LogP contribution >= 0.6 is 0 Å². The number of fused-ring (bicyclic) bond motifs is 1. The number of amides is 1. The van der Waals surface area contributed by atoms with Crippen LogP contribution in [0.4, 0.5) is 11.4 Å². The van der Waals surface area contributed by atoms with E-state index >= 15 is 0 Å². The third-order valence-corrected chi connectivity index (χ3v) is 3.29. The molecule has 0 radical (unpaired) electrons. The molecule has 1 aliphatic rings. The standard InChI is InChI=1S/C14H20N2O2/c1-12(18)16-10-4-8-15(9-5-11-17)13-6-2-3-7-14(13)16/h2-3,6-7,17H,4-5,8-11H2,1H3. The summed E-state index contributed by atoms with van der Waals surface area (Å²) in [7, 11) is 0. The smallest absolute Gasteiger partial charge is 0.223 e. The molecule has 98 valence electrons. The van der Waals surface area contributed by atoms with Crippen LogP contribution in [0.15, 0.2) is 24.3 Å². The topological polar surface area (TPSA) is 43.8 Å². The van der Waals surface area contributed by atoms with Crippen LogP contribution in [0.5, 0.6) is 0 Å². The highest BCUT2D eigenvalue weighted by Gasteiger charge is 2.21. The van der Waals surface area contributed by atoms with Gasteiger partial charge in [-0.1, -0.05) is 12.1 Å². The number of hydrogen-bond acceptors (Lipinski definition) is 3. The molecule has 2 rings (SSSR count). The Morgan fingerprint density at radius 1 is 1.28 bits per heavy atom. The van der Waals surface area contributed by atoms with Crippen molar-refractivity contribution >= 4 is 17.3 Å². The lowest BCUT2D eigenvalue weighted by atomic mass is 10.2. The van der Waals surface area contributed by atoms with Gasteiger partial charge in [0.2, 0.25) is 5.91 Å². The van der Waals surface area contributed by atoms with Gasteiger partial charge >= 0.3 is 0 Å². The van der Waals surface area contributed by atoms with Gasteiger partial charge in [-0.3, -0.25) is 4.79 Å². The van der Waals surface area contributed by atoms with Gasteiger partial charge in [-0.25, -0.2) is 0 Å². The van der Waals surface area contributed by atoms with E-state index in [1.54, 1.807) is 6.92 Å². The predicted octanol–water partition coefficient (Wildman–Crippen LogP) is 1.63. The molecule has 1 aliphatic heterocycles. The van der Waals surface area contributed by atoms with Crippen molar-refractivity contribution in [2.75, 3.05) is 36.0 Å². The average Bonchev–Trinajstić information content (AvgIpc) is 2.56. The summed E-state index contributed by atoms with van der Waals surface area (Å²) < 4.78 is 0. The highest BCUT2D eigenvalue weighted by atomic mass is 16.3. The Morgan fingerprint density at radius 2 is 2.00 bits per heavy atom. The number of benzene rings is 1. The van der Waals surface area contributed by atoms with Crippen molar-refractivity contribution in [2.45, 2.75) is 19.8 Å². The van der Waals surface area contributed by atoms with Gasteiger partial charge < -0.3 is 14.9 Å². The van der Waals surface area contributed by atoms with Gasteiger partial charge in [0.25, 0.3) is 0 Å². The number of hydrogen-bond donors (Lipinski definition) is 1. The summed E-state index contributed by atoms with van der Waals surface area (Å²) in [5, 5.41) is 8.96. The number of aliphatic hydroxyl groups excluding tert-OH is 1. The zero-order valence-corrected chi connectivity index (χ0v) is 10.8. The Balaban J connectivity index is 2.32. The molecule has 4 nitrogen and oxygen atoms in total. The molecule has 0 atom stereocenters. The van der Waals surface area contributed by atoms with Gasteiger partial charge in [-0.2, -0.15) is 0 Å². The maximum atomic E-state index is 11.7. The third kappa shape index (κ3) is 2.64. The van der Waals surface area contributed by atoms with E-state index < -0.39 is 0 Å². The molecule has 0 aliphatic carbocycles. The molecule has 0 unspecified atom stereocenters. The molecular formula is C14H20N2O2. The Bertz CT molecular complexity index is 420. The van der Waals surface area contributed by atoms with Crippen molar-refractivity contribution in [3.8, 4) is 0 Å². The summed E-state index contributed by atoms with van der Waals surface area (Å²) in [6.07, 6.45) is 1.72. The lowest BCUT2D eigenvalue weighted by molar-refractivity contribution is -0.116. The van der Waals surface area contributed by atoms with Gasteiger partial charge in [0, 0.05) is 33.2 Å². The van der Waals surface area contributed by atoms with Crippen LogP contribution in [0.2, 0.25) is 0 Å². The molecule has 1 aromatic carbocycles. The van der Waals surface area contributed by atoms with E-state index in [2.05, 4.69) is 4.90 Å². The van der Waals surface area contributed by atoms with E-state index in [1.165, 1.54) is 0 Å². The first-order valence-electron chi connectivity index (χ1n) is 6.47. The number of aliphatic hydroxyl groups is 1. The Kier molecular flexibility index (Phi) is 4.20. The number of carbonyl (C=O) groups excluding carboxylic acids is 1. The SMILES string of the molecule is CC(=O)N1CCCN(CCCO)c2ccccc21. The van der Waals surface area contributed by atoms with Crippen LogP contribution in [0.1, 0.15) is 19.8 Å². The highest BCUT2D eigenvalue weighted by molar-refractivity contribution is 5.95. The number of nitrogens with zero attached hydrogens (tertiary/aromatic N) is 2. The first-order chi connectivity index (χ1) is 8.74. The number of para-hydroxylation sites is 2. The first kappa shape index (κ1) is 12.9. The quantitative estimate of drug-likeness (QED) is 0.884. The fraction of sp³-hybridized carbons (Fsp3) is 0.500. The summed E-state index contributed by atoms with van der Waals surface area (Å²) in [5.74, 6) is 0.0893. The van der Waals surface area contributed by atoms with Crippen molar-refractivity contribution < 1.29 is 9.90 Å². The minimum absolute atomic E-state index is 0.0893. The van der Waals surface area contributed by atoms with E-state index in [4.69, 9.17) is 5.11 Å². The third-order valence-electron chi connectivity index (χ3n) is 3.29. The monoisotopic (exact) mass is 248 g/mol.